The van der Waals surface area contributed by atoms with Crippen LogP contribution in [0, 0.1) is 5.92 Å². The zero-order chi connectivity index (χ0) is 8.10. The van der Waals surface area contributed by atoms with Gasteiger partial charge in [-0.25, -0.2) is 0 Å². The number of hydrogen-bond acceptors (Lipinski definition) is 3. The molecule has 1 aliphatic heterocycles. The van der Waals surface area contributed by atoms with E-state index in [0.29, 0.717) is 5.92 Å². The monoisotopic (exact) mass is 159 g/mol. The van der Waals surface area contributed by atoms with E-state index in [1.54, 1.807) is 0 Å². The molecule has 3 heteroatoms. The summed E-state index contributed by atoms with van der Waals surface area (Å²) in [4.78, 5) is 0. The van der Waals surface area contributed by atoms with E-state index in [9.17, 15) is 0 Å². The van der Waals surface area contributed by atoms with E-state index in [2.05, 4.69) is 5.32 Å². The van der Waals surface area contributed by atoms with Crippen LogP contribution in [0.15, 0.2) is 0 Å². The van der Waals surface area contributed by atoms with Crippen LogP contribution >= 0.6 is 0 Å². The van der Waals surface area contributed by atoms with Crippen molar-refractivity contribution in [2.24, 2.45) is 5.92 Å². The Morgan fingerprint density at radius 2 is 1.82 bits per heavy atom. The second-order valence-electron chi connectivity index (χ2n) is 2.70. The second kappa shape index (κ2) is 4.70. The average Bonchev–Trinajstić information content (AvgIpc) is 1.85. The Labute approximate surface area is 68.1 Å². The highest BCUT2D eigenvalue weighted by molar-refractivity contribution is 4.77. The fourth-order valence-corrected chi connectivity index (χ4v) is 1.15. The highest BCUT2D eigenvalue weighted by Gasteiger charge is 2.27. The fraction of sp³-hybridized carbons (Fsp3) is 1.00. The molecule has 1 N–H and O–H groups in total. The van der Waals surface area contributed by atoms with Gasteiger partial charge in [0.15, 0.2) is 6.29 Å². The number of nitrogens with one attached hydrogen (secondary N) is 1. The zero-order valence-corrected chi connectivity index (χ0v) is 7.30. The first-order valence-electron chi connectivity index (χ1n) is 4.32. The first kappa shape index (κ1) is 8.97. The lowest BCUT2D eigenvalue weighted by Crippen LogP contribution is -2.50. The summed E-state index contributed by atoms with van der Waals surface area (Å²) < 4.78 is 10.8. The predicted octanol–water partition coefficient (Wildman–Crippen LogP) is 0.605. The summed E-state index contributed by atoms with van der Waals surface area (Å²) >= 11 is 0. The van der Waals surface area contributed by atoms with Gasteiger partial charge in [0.2, 0.25) is 0 Å². The molecular weight excluding hydrogens is 142 g/mol. The highest BCUT2D eigenvalue weighted by atomic mass is 16.7. The molecule has 11 heavy (non-hydrogen) atoms. The molecule has 0 aliphatic carbocycles. The maximum atomic E-state index is 5.42. The molecule has 1 fully saturated rings. The molecule has 0 unspecified atom stereocenters. The van der Waals surface area contributed by atoms with Gasteiger partial charge in [-0.1, -0.05) is 0 Å². The van der Waals surface area contributed by atoms with E-state index >= 15 is 0 Å². The SMILES string of the molecule is CCOC(OCC)C1CNC1. The molecule has 1 saturated heterocycles. The van der Waals surface area contributed by atoms with Crippen molar-refractivity contribution >= 4 is 0 Å². The highest BCUT2D eigenvalue weighted by Crippen LogP contribution is 2.13. The smallest absolute Gasteiger partial charge is 0.162 e. The molecule has 0 atom stereocenters. The Hall–Kier alpha value is -0.120. The third-order valence-electron chi connectivity index (χ3n) is 1.86. The van der Waals surface area contributed by atoms with Crippen LogP contribution in [0.2, 0.25) is 0 Å². The molecule has 0 radical (unpaired) electrons. The Kier molecular flexibility index (Phi) is 3.83. The van der Waals surface area contributed by atoms with Crippen molar-refractivity contribution in [2.75, 3.05) is 26.3 Å². The molecule has 0 saturated carbocycles. The van der Waals surface area contributed by atoms with Crippen molar-refractivity contribution in [2.45, 2.75) is 20.1 Å². The van der Waals surface area contributed by atoms with Gasteiger partial charge in [-0.05, 0) is 13.8 Å². The molecule has 0 aromatic carbocycles. The van der Waals surface area contributed by atoms with Crippen molar-refractivity contribution in [3.8, 4) is 0 Å². The van der Waals surface area contributed by atoms with Gasteiger partial charge < -0.3 is 14.8 Å². The maximum Gasteiger partial charge on any atom is 0.162 e. The summed E-state index contributed by atoms with van der Waals surface area (Å²) in [5, 5.41) is 3.20. The third-order valence-corrected chi connectivity index (χ3v) is 1.86. The Bertz CT molecular complexity index is 98.3. The summed E-state index contributed by atoms with van der Waals surface area (Å²) in [6.07, 6.45) is 0.0197. The maximum absolute atomic E-state index is 5.42. The van der Waals surface area contributed by atoms with E-state index in [1.165, 1.54) is 0 Å². The van der Waals surface area contributed by atoms with Gasteiger partial charge in [0.25, 0.3) is 0 Å². The van der Waals surface area contributed by atoms with Crippen molar-refractivity contribution in [3.05, 3.63) is 0 Å². The van der Waals surface area contributed by atoms with Gasteiger partial charge >= 0.3 is 0 Å². The molecule has 0 bridgehead atoms. The van der Waals surface area contributed by atoms with Crippen LogP contribution in [0.1, 0.15) is 13.8 Å². The molecule has 66 valence electrons. The van der Waals surface area contributed by atoms with Gasteiger partial charge in [-0.2, -0.15) is 0 Å². The van der Waals surface area contributed by atoms with Gasteiger partial charge in [0, 0.05) is 32.2 Å². The van der Waals surface area contributed by atoms with Crippen LogP contribution in [0.5, 0.6) is 0 Å². The summed E-state index contributed by atoms with van der Waals surface area (Å²) in [7, 11) is 0. The summed E-state index contributed by atoms with van der Waals surface area (Å²) in [5.74, 6) is 0.565. The number of ether oxygens (including phenoxy) is 2. The van der Waals surface area contributed by atoms with E-state index in [1.807, 2.05) is 13.8 Å². The van der Waals surface area contributed by atoms with Gasteiger partial charge in [-0.15, -0.1) is 0 Å². The quantitative estimate of drug-likeness (QED) is 0.596. The largest absolute Gasteiger partial charge is 0.353 e. The topological polar surface area (TPSA) is 30.5 Å². The molecule has 0 amide bonds. The van der Waals surface area contributed by atoms with E-state index in [4.69, 9.17) is 9.47 Å². The summed E-state index contributed by atoms with van der Waals surface area (Å²) in [6.45, 7) is 7.54. The van der Waals surface area contributed by atoms with Crippen LogP contribution in [0.4, 0.5) is 0 Å². The molecule has 1 aliphatic rings. The summed E-state index contributed by atoms with van der Waals surface area (Å²) in [5.41, 5.74) is 0. The van der Waals surface area contributed by atoms with E-state index in [0.717, 1.165) is 26.3 Å². The third kappa shape index (κ3) is 2.43. The molecule has 1 rings (SSSR count). The molecule has 1 heterocycles. The molecular formula is C8H17NO2. The zero-order valence-electron chi connectivity index (χ0n) is 7.30. The van der Waals surface area contributed by atoms with Crippen molar-refractivity contribution < 1.29 is 9.47 Å². The Morgan fingerprint density at radius 1 is 1.27 bits per heavy atom. The van der Waals surface area contributed by atoms with E-state index in [-0.39, 0.29) is 6.29 Å². The fourth-order valence-electron chi connectivity index (χ4n) is 1.15. The van der Waals surface area contributed by atoms with Crippen LogP contribution in [0.25, 0.3) is 0 Å². The predicted molar refractivity (Wildman–Crippen MR) is 43.4 cm³/mol. The molecule has 0 aromatic rings. The normalized spacial score (nSPS) is 18.8. The van der Waals surface area contributed by atoms with Crippen LogP contribution in [-0.2, 0) is 9.47 Å². The Balaban J connectivity index is 2.19. The molecule has 0 aromatic heterocycles. The lowest BCUT2D eigenvalue weighted by Gasteiger charge is -2.33. The lowest BCUT2D eigenvalue weighted by molar-refractivity contribution is -0.175. The van der Waals surface area contributed by atoms with Gasteiger partial charge in [0.1, 0.15) is 0 Å². The first-order chi connectivity index (χ1) is 5.38. The first-order valence-corrected chi connectivity index (χ1v) is 4.32. The van der Waals surface area contributed by atoms with Crippen molar-refractivity contribution in [3.63, 3.8) is 0 Å². The number of rotatable bonds is 5. The average molecular weight is 159 g/mol. The van der Waals surface area contributed by atoms with Gasteiger partial charge in [-0.3, -0.25) is 0 Å². The van der Waals surface area contributed by atoms with E-state index < -0.39 is 0 Å². The summed E-state index contributed by atoms with van der Waals surface area (Å²) in [6, 6.07) is 0. The van der Waals surface area contributed by atoms with Crippen molar-refractivity contribution in [1.82, 2.24) is 5.32 Å². The van der Waals surface area contributed by atoms with Crippen LogP contribution in [-0.4, -0.2) is 32.6 Å². The minimum atomic E-state index is 0.0197. The minimum Gasteiger partial charge on any atom is -0.353 e. The van der Waals surface area contributed by atoms with Crippen LogP contribution < -0.4 is 5.32 Å². The minimum absolute atomic E-state index is 0.0197. The standard InChI is InChI=1S/C8H17NO2/c1-3-10-8(11-4-2)7-5-9-6-7/h7-9H,3-6H2,1-2H3. The lowest BCUT2D eigenvalue weighted by atomic mass is 10.0. The number of hydrogen-bond donors (Lipinski definition) is 1. The molecule has 3 nitrogen and oxygen atoms in total. The second-order valence-corrected chi connectivity index (χ2v) is 2.70. The molecule has 0 spiro atoms. The van der Waals surface area contributed by atoms with Crippen molar-refractivity contribution in [1.29, 1.82) is 0 Å². The van der Waals surface area contributed by atoms with Crippen LogP contribution in [0.3, 0.4) is 0 Å². The van der Waals surface area contributed by atoms with Gasteiger partial charge in [0.05, 0.1) is 0 Å². The Morgan fingerprint density at radius 3 is 2.09 bits per heavy atom.